The number of aryl methyl sites for hydroxylation is 3. The van der Waals surface area contributed by atoms with Crippen LogP contribution in [0.15, 0.2) is 70.6 Å². The fraction of sp³-hybridized carbons (Fsp3) is 0.172. The van der Waals surface area contributed by atoms with Crippen molar-refractivity contribution in [2.24, 2.45) is 0 Å². The zero-order valence-corrected chi connectivity index (χ0v) is 24.4. The first-order valence-corrected chi connectivity index (χ1v) is 14.5. The number of ketones is 1. The molecule has 2 heterocycles. The molecule has 6 nitrogen and oxygen atoms in total. The van der Waals surface area contributed by atoms with Gasteiger partial charge in [-0.2, -0.15) is 0 Å². The van der Waals surface area contributed by atoms with E-state index in [1.165, 1.54) is 28.0 Å². The van der Waals surface area contributed by atoms with E-state index < -0.39 is 17.7 Å². The van der Waals surface area contributed by atoms with Crippen molar-refractivity contribution < 1.29 is 14.7 Å². The van der Waals surface area contributed by atoms with Crippen molar-refractivity contribution in [3.63, 3.8) is 0 Å². The van der Waals surface area contributed by atoms with Gasteiger partial charge in [-0.1, -0.05) is 99.9 Å². The molecule has 1 atom stereocenters. The molecule has 1 aromatic heterocycles. The number of anilines is 1. The first kappa shape index (κ1) is 27.4. The summed E-state index contributed by atoms with van der Waals surface area (Å²) >= 11 is 14.9. The highest BCUT2D eigenvalue weighted by atomic mass is 35.5. The number of hydrogen-bond donors (Lipinski definition) is 1. The van der Waals surface area contributed by atoms with Gasteiger partial charge in [0.15, 0.2) is 4.34 Å². The number of halogens is 2. The summed E-state index contributed by atoms with van der Waals surface area (Å²) in [5.41, 5.74) is 4.85. The monoisotopic (exact) mass is 595 g/mol. The molecule has 0 bridgehead atoms. The molecule has 5 rings (SSSR count). The number of Topliss-reactive ketones (excluding diaryl/α,β-unsaturated/α-hetero) is 1. The van der Waals surface area contributed by atoms with Gasteiger partial charge in [-0.15, -0.1) is 10.2 Å². The summed E-state index contributed by atoms with van der Waals surface area (Å²) in [6, 6.07) is 17.6. The van der Waals surface area contributed by atoms with E-state index in [4.69, 9.17) is 23.2 Å². The van der Waals surface area contributed by atoms with E-state index >= 15 is 0 Å². The Morgan fingerprint density at radius 1 is 0.974 bits per heavy atom. The summed E-state index contributed by atoms with van der Waals surface area (Å²) in [6.45, 7) is 5.72. The van der Waals surface area contributed by atoms with E-state index in [1.807, 2.05) is 69.3 Å². The highest BCUT2D eigenvalue weighted by Crippen LogP contribution is 2.44. The fourth-order valence-electron chi connectivity index (χ4n) is 4.37. The van der Waals surface area contributed by atoms with Gasteiger partial charge < -0.3 is 5.11 Å². The number of carbonyl (C=O) groups excluding carboxylic acids is 2. The van der Waals surface area contributed by atoms with Crippen LogP contribution in [0.25, 0.3) is 5.76 Å². The minimum atomic E-state index is -0.859. The second kappa shape index (κ2) is 11.1. The molecule has 1 amide bonds. The van der Waals surface area contributed by atoms with Crippen molar-refractivity contribution >= 4 is 68.9 Å². The highest BCUT2D eigenvalue weighted by molar-refractivity contribution is 8.00. The maximum absolute atomic E-state index is 13.5. The second-order valence-corrected chi connectivity index (χ2v) is 12.3. The lowest BCUT2D eigenvalue weighted by Gasteiger charge is -2.23. The average molecular weight is 597 g/mol. The Hall–Kier alpha value is -3.17. The van der Waals surface area contributed by atoms with Crippen LogP contribution in [0.5, 0.6) is 0 Å². The molecule has 0 saturated carbocycles. The zero-order valence-electron chi connectivity index (χ0n) is 21.2. The number of amides is 1. The van der Waals surface area contributed by atoms with Crippen LogP contribution in [0.1, 0.15) is 39.4 Å². The Morgan fingerprint density at radius 2 is 1.69 bits per heavy atom. The Morgan fingerprint density at radius 3 is 2.41 bits per heavy atom. The molecular formula is C29H23Cl2N3O3S2. The van der Waals surface area contributed by atoms with Gasteiger partial charge in [0.25, 0.3) is 5.78 Å². The number of benzene rings is 3. The topological polar surface area (TPSA) is 83.4 Å². The van der Waals surface area contributed by atoms with Crippen LogP contribution < -0.4 is 4.90 Å². The quantitative estimate of drug-likeness (QED) is 0.0808. The van der Waals surface area contributed by atoms with Gasteiger partial charge in [0.2, 0.25) is 5.13 Å². The smallest absolute Gasteiger partial charge is 0.301 e. The standard InChI is InChI=1S/C29H23Cl2N3O3S2/c1-15-5-8-18(9-6-15)24-23(25(35)21-12-16(2)4-7-17(21)3)26(36)27(37)34(24)28-32-33-29(39-28)38-14-19-10-11-20(30)13-22(19)31/h4-13,24,35H,14H2,1-3H3/b25-23+. The van der Waals surface area contributed by atoms with E-state index in [2.05, 4.69) is 10.2 Å². The van der Waals surface area contributed by atoms with Crippen LogP contribution in [-0.2, 0) is 15.3 Å². The largest absolute Gasteiger partial charge is 0.507 e. The Balaban J connectivity index is 1.55. The van der Waals surface area contributed by atoms with Crippen molar-refractivity contribution in [1.29, 1.82) is 0 Å². The van der Waals surface area contributed by atoms with E-state index in [0.29, 0.717) is 31.3 Å². The molecule has 39 heavy (non-hydrogen) atoms. The highest BCUT2D eigenvalue weighted by Gasteiger charge is 2.48. The second-order valence-electron chi connectivity index (χ2n) is 9.27. The van der Waals surface area contributed by atoms with Gasteiger partial charge in [-0.05, 0) is 55.7 Å². The first-order valence-electron chi connectivity index (χ1n) is 12.0. The third-order valence-corrected chi connectivity index (χ3v) is 9.15. The van der Waals surface area contributed by atoms with Crippen molar-refractivity contribution in [3.05, 3.63) is 110 Å². The summed E-state index contributed by atoms with van der Waals surface area (Å²) in [5, 5.41) is 21.3. The molecule has 1 aliphatic heterocycles. The molecule has 1 N–H and O–H groups in total. The number of aliphatic hydroxyl groups is 1. The van der Waals surface area contributed by atoms with Gasteiger partial charge in [0.1, 0.15) is 5.76 Å². The van der Waals surface area contributed by atoms with Gasteiger partial charge in [-0.3, -0.25) is 14.5 Å². The van der Waals surface area contributed by atoms with E-state index in [9.17, 15) is 14.7 Å². The molecule has 4 aromatic rings. The lowest BCUT2D eigenvalue weighted by atomic mass is 9.93. The molecule has 0 aliphatic carbocycles. The number of nitrogens with zero attached hydrogens (tertiary/aromatic N) is 3. The van der Waals surface area contributed by atoms with Gasteiger partial charge >= 0.3 is 5.91 Å². The minimum absolute atomic E-state index is 0.0231. The zero-order chi connectivity index (χ0) is 27.8. The Kier molecular flexibility index (Phi) is 7.82. The Labute approximate surface area is 244 Å². The number of aromatic nitrogens is 2. The molecule has 3 aromatic carbocycles. The van der Waals surface area contributed by atoms with E-state index in [0.717, 1.165) is 22.3 Å². The minimum Gasteiger partial charge on any atom is -0.507 e. The first-order chi connectivity index (χ1) is 18.6. The van der Waals surface area contributed by atoms with Crippen LogP contribution in [0.3, 0.4) is 0 Å². The van der Waals surface area contributed by atoms with Crippen LogP contribution in [0, 0.1) is 20.8 Å². The lowest BCUT2D eigenvalue weighted by molar-refractivity contribution is -0.132. The van der Waals surface area contributed by atoms with Gasteiger partial charge in [0, 0.05) is 21.4 Å². The molecule has 198 valence electrons. The maximum atomic E-state index is 13.5. The predicted molar refractivity (Wildman–Crippen MR) is 158 cm³/mol. The van der Waals surface area contributed by atoms with E-state index in [-0.39, 0.29) is 16.5 Å². The van der Waals surface area contributed by atoms with Crippen LogP contribution >= 0.6 is 46.3 Å². The number of aliphatic hydroxyl groups excluding tert-OH is 1. The molecule has 1 aliphatic rings. The van der Waals surface area contributed by atoms with Gasteiger partial charge in [0.05, 0.1) is 11.6 Å². The molecule has 0 radical (unpaired) electrons. The van der Waals surface area contributed by atoms with E-state index in [1.54, 1.807) is 12.1 Å². The lowest BCUT2D eigenvalue weighted by Crippen LogP contribution is -2.29. The van der Waals surface area contributed by atoms with Crippen LogP contribution in [-0.4, -0.2) is 27.0 Å². The average Bonchev–Trinajstić information content (AvgIpc) is 3.47. The number of thioether (sulfide) groups is 1. The summed E-state index contributed by atoms with van der Waals surface area (Å²) < 4.78 is 0.607. The fourth-order valence-corrected chi connectivity index (χ4v) is 6.79. The predicted octanol–water partition coefficient (Wildman–Crippen LogP) is 7.69. The maximum Gasteiger partial charge on any atom is 0.301 e. The third-order valence-electron chi connectivity index (χ3n) is 6.45. The number of carbonyl (C=O) groups is 2. The molecular weight excluding hydrogens is 573 g/mol. The molecule has 1 saturated heterocycles. The molecule has 10 heteroatoms. The summed E-state index contributed by atoms with van der Waals surface area (Å²) in [4.78, 5) is 28.2. The van der Waals surface area contributed by atoms with Crippen molar-refractivity contribution in [2.45, 2.75) is 36.9 Å². The number of hydrogen-bond acceptors (Lipinski definition) is 7. The Bertz CT molecular complexity index is 1630. The van der Waals surface area contributed by atoms with Crippen LogP contribution in [0.2, 0.25) is 10.0 Å². The van der Waals surface area contributed by atoms with Crippen molar-refractivity contribution in [1.82, 2.24) is 10.2 Å². The normalized spacial score (nSPS) is 16.7. The SMILES string of the molecule is Cc1ccc(C2/C(=C(\O)c3cc(C)ccc3C)C(=O)C(=O)N2c2nnc(SCc3ccc(Cl)cc3Cl)s2)cc1. The molecule has 1 fully saturated rings. The van der Waals surface area contributed by atoms with Gasteiger partial charge in [-0.25, -0.2) is 0 Å². The van der Waals surface area contributed by atoms with Crippen molar-refractivity contribution in [2.75, 3.05) is 4.90 Å². The molecule has 0 spiro atoms. The third kappa shape index (κ3) is 5.47. The summed E-state index contributed by atoms with van der Waals surface area (Å²) in [7, 11) is 0. The summed E-state index contributed by atoms with van der Waals surface area (Å²) in [5.74, 6) is -1.21. The summed E-state index contributed by atoms with van der Waals surface area (Å²) in [6.07, 6.45) is 0. The van der Waals surface area contributed by atoms with Crippen LogP contribution in [0.4, 0.5) is 5.13 Å². The number of rotatable bonds is 6. The molecule has 1 unspecified atom stereocenters. The van der Waals surface area contributed by atoms with Crippen molar-refractivity contribution in [3.8, 4) is 0 Å².